The van der Waals surface area contributed by atoms with Crippen LogP contribution in [-0.2, 0) is 28.6 Å². The lowest BCUT2D eigenvalue weighted by Gasteiger charge is -2.09. The molecule has 0 aromatic heterocycles. The molecule has 93 heavy (non-hydrogen) atoms. The molecule has 0 aliphatic heterocycles. The molecule has 494 valence electrons. The molecule has 0 radical (unpaired) electrons. The van der Waals surface area contributed by atoms with Gasteiger partial charge in [0.2, 0.25) is 0 Å². The van der Waals surface area contributed by atoms with E-state index in [1.165, 1.54) is 31.8 Å². The van der Waals surface area contributed by atoms with Crippen LogP contribution in [0.25, 0.3) is 0 Å². The normalized spacial score (nSPS) is 10.2. The lowest BCUT2D eigenvalue weighted by molar-refractivity contribution is -0.138. The molecular formula is C75H87NO17. The van der Waals surface area contributed by atoms with Crippen molar-refractivity contribution in [1.29, 1.82) is 5.26 Å². The van der Waals surface area contributed by atoms with Crippen molar-refractivity contribution in [3.63, 3.8) is 0 Å². The highest BCUT2D eigenvalue weighted by Crippen LogP contribution is 2.23. The molecule has 0 bridgehead atoms. The van der Waals surface area contributed by atoms with Gasteiger partial charge in [-0.1, -0.05) is 52.3 Å². The Kier molecular flexibility index (Phi) is 37.9. The Balaban J connectivity index is 0.000000299. The molecule has 0 N–H and O–H groups in total. The third-order valence-corrected chi connectivity index (χ3v) is 13.4. The Hall–Kier alpha value is -10.2. The van der Waals surface area contributed by atoms with Crippen molar-refractivity contribution in [3.8, 4) is 52.1 Å². The third-order valence-electron chi connectivity index (χ3n) is 13.4. The molecular weight excluding hydrogens is 1190 g/mol. The van der Waals surface area contributed by atoms with Crippen LogP contribution in [0.3, 0.4) is 0 Å². The van der Waals surface area contributed by atoms with Gasteiger partial charge in [0, 0.05) is 18.2 Å². The van der Waals surface area contributed by atoms with Crippen molar-refractivity contribution >= 4 is 35.8 Å². The Bertz CT molecular complexity index is 3190. The van der Waals surface area contributed by atoms with Gasteiger partial charge in [-0.2, -0.15) is 5.26 Å². The Morgan fingerprint density at radius 2 is 0.570 bits per heavy atom. The van der Waals surface area contributed by atoms with E-state index in [9.17, 15) is 28.8 Å². The first-order valence-corrected chi connectivity index (χ1v) is 31.5. The first-order valence-electron chi connectivity index (χ1n) is 31.5. The molecule has 0 atom stereocenters. The lowest BCUT2D eigenvalue weighted by atomic mass is 10.2. The molecule has 0 aliphatic rings. The SMILES string of the molecule is C=CC(=O)OCCCCCCOc1ccc(C(=O)Oc2ccc(C#N)cc2)cc1.C=CC(=O)OCCCCCCOc1ccc(C(=O)Oc2ccc(OC)cc2)cc1.C=CC(=O)OCCCCCCOc1ccc(C(=O)Oc2ccc(OCCCCCCC)cc2)cc1. The van der Waals surface area contributed by atoms with Crippen molar-refractivity contribution in [3.05, 3.63) is 206 Å². The minimum absolute atomic E-state index is 0.382. The summed E-state index contributed by atoms with van der Waals surface area (Å²) in [4.78, 5) is 69.5. The number of esters is 6. The summed E-state index contributed by atoms with van der Waals surface area (Å²) in [5.74, 6) is 2.39. The summed E-state index contributed by atoms with van der Waals surface area (Å²) in [5, 5.41) is 8.78. The van der Waals surface area contributed by atoms with Crippen LogP contribution < -0.4 is 37.9 Å². The maximum absolute atomic E-state index is 12.4. The van der Waals surface area contributed by atoms with Gasteiger partial charge >= 0.3 is 35.8 Å². The number of hydrogen-bond donors (Lipinski definition) is 0. The highest BCUT2D eigenvalue weighted by molar-refractivity contribution is 5.92. The summed E-state index contributed by atoms with van der Waals surface area (Å²) in [6, 6.07) is 42.8. The summed E-state index contributed by atoms with van der Waals surface area (Å²) in [6.07, 6.45) is 20.5. The highest BCUT2D eigenvalue weighted by atomic mass is 16.6. The van der Waals surface area contributed by atoms with Crippen LogP contribution in [0, 0.1) is 11.3 Å². The average molecular weight is 1270 g/mol. The number of methoxy groups -OCH3 is 1. The number of rotatable bonds is 41. The van der Waals surface area contributed by atoms with Gasteiger partial charge in [0.15, 0.2) is 0 Å². The van der Waals surface area contributed by atoms with E-state index in [-0.39, 0.29) is 11.9 Å². The number of benzene rings is 6. The predicted octanol–water partition coefficient (Wildman–Crippen LogP) is 16.0. The van der Waals surface area contributed by atoms with Crippen LogP contribution >= 0.6 is 0 Å². The quantitative estimate of drug-likeness (QED) is 0.0114. The van der Waals surface area contributed by atoms with Crippen LogP contribution in [-0.4, -0.2) is 89.2 Å². The van der Waals surface area contributed by atoms with E-state index in [2.05, 4.69) is 26.7 Å². The summed E-state index contributed by atoms with van der Waals surface area (Å²) in [6.45, 7) is 15.9. The Morgan fingerprint density at radius 1 is 0.333 bits per heavy atom. The third kappa shape index (κ3) is 33.5. The van der Waals surface area contributed by atoms with E-state index < -0.39 is 23.9 Å². The van der Waals surface area contributed by atoms with Crippen LogP contribution in [0.4, 0.5) is 0 Å². The monoisotopic (exact) mass is 1270 g/mol. The molecule has 0 fully saturated rings. The molecule has 18 nitrogen and oxygen atoms in total. The molecule has 0 heterocycles. The number of unbranched alkanes of at least 4 members (excludes halogenated alkanes) is 13. The highest BCUT2D eigenvalue weighted by Gasteiger charge is 2.13. The lowest BCUT2D eigenvalue weighted by Crippen LogP contribution is -2.08. The van der Waals surface area contributed by atoms with Crippen LogP contribution in [0.5, 0.6) is 46.0 Å². The fourth-order valence-corrected chi connectivity index (χ4v) is 8.24. The first-order chi connectivity index (χ1) is 45.4. The zero-order valence-corrected chi connectivity index (χ0v) is 53.6. The molecule has 0 saturated heterocycles. The second-order valence-corrected chi connectivity index (χ2v) is 20.7. The molecule has 6 aromatic carbocycles. The summed E-state index contributed by atoms with van der Waals surface area (Å²) < 4.78 is 58.7. The van der Waals surface area contributed by atoms with E-state index in [4.69, 9.17) is 57.4 Å². The van der Waals surface area contributed by atoms with Gasteiger partial charge in [-0.05, 0) is 229 Å². The number of hydrogen-bond acceptors (Lipinski definition) is 18. The minimum atomic E-state index is -0.474. The Morgan fingerprint density at radius 3 is 0.828 bits per heavy atom. The number of carbonyl (C=O) groups is 6. The summed E-state index contributed by atoms with van der Waals surface area (Å²) in [7, 11) is 1.58. The molecule has 0 unspecified atom stereocenters. The molecule has 0 aliphatic carbocycles. The molecule has 6 rings (SSSR count). The van der Waals surface area contributed by atoms with E-state index in [1.807, 2.05) is 18.2 Å². The molecule has 6 aromatic rings. The van der Waals surface area contributed by atoms with E-state index in [0.29, 0.717) is 109 Å². The van der Waals surface area contributed by atoms with E-state index in [1.54, 1.807) is 141 Å². The van der Waals surface area contributed by atoms with Crippen LogP contribution in [0.1, 0.15) is 153 Å². The van der Waals surface area contributed by atoms with Gasteiger partial charge in [0.1, 0.15) is 46.0 Å². The second kappa shape index (κ2) is 46.9. The zero-order chi connectivity index (χ0) is 66.9. The van der Waals surface area contributed by atoms with Gasteiger partial charge in [0.25, 0.3) is 0 Å². The van der Waals surface area contributed by atoms with Gasteiger partial charge in [-0.25, -0.2) is 28.8 Å². The molecule has 18 heteroatoms. The number of ether oxygens (including phenoxy) is 11. The predicted molar refractivity (Wildman–Crippen MR) is 354 cm³/mol. The van der Waals surface area contributed by atoms with Gasteiger partial charge < -0.3 is 52.1 Å². The molecule has 0 amide bonds. The number of carbonyl (C=O) groups excluding carboxylic acids is 6. The second-order valence-electron chi connectivity index (χ2n) is 20.7. The van der Waals surface area contributed by atoms with Crippen molar-refractivity contribution in [2.75, 3.05) is 53.4 Å². The van der Waals surface area contributed by atoms with Crippen molar-refractivity contribution in [2.45, 2.75) is 116 Å². The minimum Gasteiger partial charge on any atom is -0.497 e. The average Bonchev–Trinajstić information content (AvgIpc) is 1.67. The topological polar surface area (TPSA) is 228 Å². The zero-order valence-electron chi connectivity index (χ0n) is 53.6. The molecule has 0 saturated carbocycles. The van der Waals surface area contributed by atoms with Gasteiger partial charge in [0.05, 0.1) is 81.7 Å². The molecule has 0 spiro atoms. The standard InChI is InChI=1S/C29H38O6.C23H23NO5.C23H26O6/c1-3-5-6-7-10-21-33-26-17-19-27(20-18-26)35-29(31)24-13-15-25(16-14-24)32-22-11-8-9-12-23-34-28(30)4-2;1-2-22(25)28-16-6-4-3-5-15-27-20-13-9-19(10-14-20)23(26)29-21-11-7-18(17-24)8-12-21;1-3-22(24)28-17-7-5-4-6-16-27-20-10-8-18(9-11-20)23(25)29-21-14-12-19(26-2)13-15-21/h4,13-20H,2-3,5-12,21-23H2,1H3;2,7-14H,1,3-6,15-16H2;3,8-15H,1,4-7,16-17H2,2H3. The summed E-state index contributed by atoms with van der Waals surface area (Å²) >= 11 is 0. The van der Waals surface area contributed by atoms with Crippen molar-refractivity contribution in [1.82, 2.24) is 0 Å². The van der Waals surface area contributed by atoms with E-state index >= 15 is 0 Å². The largest absolute Gasteiger partial charge is 0.497 e. The fraction of sp³-hybridized carbons (Fsp3) is 0.347. The van der Waals surface area contributed by atoms with Gasteiger partial charge in [-0.3, -0.25) is 0 Å². The fourth-order valence-electron chi connectivity index (χ4n) is 8.24. The maximum atomic E-state index is 12.4. The number of nitriles is 1. The van der Waals surface area contributed by atoms with Crippen LogP contribution in [0.2, 0.25) is 0 Å². The maximum Gasteiger partial charge on any atom is 0.343 e. The van der Waals surface area contributed by atoms with Crippen molar-refractivity contribution < 1.29 is 80.9 Å². The number of nitrogens with zero attached hydrogens (tertiary/aromatic N) is 1. The van der Waals surface area contributed by atoms with Gasteiger partial charge in [-0.15, -0.1) is 0 Å². The first kappa shape index (κ1) is 75.3. The smallest absolute Gasteiger partial charge is 0.343 e. The van der Waals surface area contributed by atoms with Crippen molar-refractivity contribution in [2.24, 2.45) is 0 Å². The van der Waals surface area contributed by atoms with E-state index in [0.717, 1.165) is 101 Å². The Labute approximate surface area is 547 Å². The summed E-state index contributed by atoms with van der Waals surface area (Å²) in [5.41, 5.74) is 1.82. The van der Waals surface area contributed by atoms with Crippen LogP contribution in [0.15, 0.2) is 184 Å².